The van der Waals surface area contributed by atoms with Crippen molar-refractivity contribution >= 4 is 35.7 Å². The highest BCUT2D eigenvalue weighted by molar-refractivity contribution is 8.03. The molecule has 1 heterocycles. The van der Waals surface area contributed by atoms with Crippen molar-refractivity contribution in [2.75, 3.05) is 5.75 Å². The molecule has 2 rings (SSSR count). The molecule has 0 aliphatic carbocycles. The van der Waals surface area contributed by atoms with Crippen LogP contribution in [0.5, 0.6) is 0 Å². The second-order valence-electron chi connectivity index (χ2n) is 5.92. The van der Waals surface area contributed by atoms with E-state index in [1.54, 1.807) is 12.1 Å². The van der Waals surface area contributed by atoms with Gasteiger partial charge < -0.3 is 10.1 Å². The maximum Gasteiger partial charge on any atom is 0.337 e. The quantitative estimate of drug-likeness (QED) is 0.674. The molecule has 0 aromatic heterocycles. The van der Waals surface area contributed by atoms with Crippen molar-refractivity contribution in [2.45, 2.75) is 32.3 Å². The van der Waals surface area contributed by atoms with Gasteiger partial charge in [-0.25, -0.2) is 4.79 Å². The van der Waals surface area contributed by atoms with Crippen LogP contribution in [0.1, 0.15) is 32.3 Å². The Hall–Kier alpha value is -1.46. The van der Waals surface area contributed by atoms with Crippen LogP contribution in [-0.4, -0.2) is 23.7 Å². The molecule has 0 saturated heterocycles. The van der Waals surface area contributed by atoms with Crippen molar-refractivity contribution in [1.82, 2.24) is 5.32 Å². The maximum absolute atomic E-state index is 12.5. The average molecular weight is 340 g/mol. The van der Waals surface area contributed by atoms with Crippen LogP contribution in [0.25, 0.3) is 0 Å². The Bertz CT molecular complexity index is 605. The lowest BCUT2D eigenvalue weighted by Gasteiger charge is -2.22. The van der Waals surface area contributed by atoms with Crippen LogP contribution in [0, 0.1) is 0 Å². The van der Waals surface area contributed by atoms with Gasteiger partial charge in [0.25, 0.3) is 0 Å². The summed E-state index contributed by atoms with van der Waals surface area (Å²) in [5.74, 6) is 0.146. The Morgan fingerprint density at radius 2 is 2.00 bits per heavy atom. The molecule has 1 unspecified atom stereocenters. The molecule has 0 saturated carbocycles. The normalized spacial score (nSPS) is 18.3. The summed E-state index contributed by atoms with van der Waals surface area (Å²) in [5.41, 5.74) is 0.878. The van der Waals surface area contributed by atoms with Gasteiger partial charge in [0.2, 0.25) is 6.41 Å². The van der Waals surface area contributed by atoms with Gasteiger partial charge in [-0.2, -0.15) is 0 Å². The zero-order chi connectivity index (χ0) is 16.3. The van der Waals surface area contributed by atoms with Crippen molar-refractivity contribution in [3.05, 3.63) is 45.5 Å². The van der Waals surface area contributed by atoms with Crippen molar-refractivity contribution in [2.24, 2.45) is 0 Å². The summed E-state index contributed by atoms with van der Waals surface area (Å²) in [6.07, 6.45) is 0.580. The Kier molecular flexibility index (Phi) is 5.19. The van der Waals surface area contributed by atoms with Crippen molar-refractivity contribution in [3.8, 4) is 0 Å². The van der Waals surface area contributed by atoms with E-state index in [1.807, 2.05) is 32.9 Å². The van der Waals surface area contributed by atoms with E-state index in [-0.39, 0.29) is 5.92 Å². The van der Waals surface area contributed by atoms with E-state index in [1.165, 1.54) is 11.8 Å². The van der Waals surface area contributed by atoms with Gasteiger partial charge >= 0.3 is 5.97 Å². The van der Waals surface area contributed by atoms with Gasteiger partial charge in [0.1, 0.15) is 5.60 Å². The number of rotatable bonds is 4. The molecule has 22 heavy (non-hydrogen) atoms. The predicted molar refractivity (Wildman–Crippen MR) is 88.7 cm³/mol. The average Bonchev–Trinajstić information content (AvgIpc) is 2.82. The van der Waals surface area contributed by atoms with Gasteiger partial charge in [-0.15, -0.1) is 11.8 Å². The van der Waals surface area contributed by atoms with E-state index in [4.69, 9.17) is 16.3 Å². The topological polar surface area (TPSA) is 55.4 Å². The summed E-state index contributed by atoms with van der Waals surface area (Å²) in [5, 5.41) is 3.81. The summed E-state index contributed by atoms with van der Waals surface area (Å²) in [7, 11) is 0. The van der Waals surface area contributed by atoms with Gasteiger partial charge in [0.05, 0.1) is 10.6 Å². The molecule has 1 aromatic carbocycles. The number of hydrogen-bond donors (Lipinski definition) is 1. The largest absolute Gasteiger partial charge is 0.457 e. The number of ether oxygens (including phenoxy) is 1. The summed E-state index contributed by atoms with van der Waals surface area (Å²) >= 11 is 7.36. The first-order valence-corrected chi connectivity index (χ1v) is 8.24. The summed E-state index contributed by atoms with van der Waals surface area (Å²) in [6, 6.07) is 7.36. The number of esters is 1. The van der Waals surface area contributed by atoms with Crippen LogP contribution in [0.4, 0.5) is 0 Å². The van der Waals surface area contributed by atoms with Crippen LogP contribution in [0.2, 0.25) is 5.02 Å². The highest BCUT2D eigenvalue weighted by Gasteiger charge is 2.35. The fourth-order valence-corrected chi connectivity index (χ4v) is 3.52. The number of thioether (sulfide) groups is 1. The second-order valence-corrected chi connectivity index (χ2v) is 7.39. The number of amides is 1. The molecule has 1 N–H and O–H groups in total. The first-order chi connectivity index (χ1) is 10.3. The van der Waals surface area contributed by atoms with Crippen molar-refractivity contribution < 1.29 is 14.3 Å². The number of halogens is 1. The van der Waals surface area contributed by atoms with Crippen molar-refractivity contribution in [1.29, 1.82) is 0 Å². The molecule has 1 aliphatic heterocycles. The van der Waals surface area contributed by atoms with Crippen LogP contribution in [-0.2, 0) is 14.3 Å². The minimum absolute atomic E-state index is 0.125. The molecule has 0 radical (unpaired) electrons. The molecule has 1 aromatic rings. The smallest absolute Gasteiger partial charge is 0.337 e. The SMILES string of the molecule is CC(C)(C)OC(=O)C1=C(NC=O)SCC1c1ccc(Cl)cc1. The second kappa shape index (κ2) is 6.75. The lowest BCUT2D eigenvalue weighted by Crippen LogP contribution is -2.27. The van der Waals surface area contributed by atoms with Gasteiger partial charge in [-0.05, 0) is 38.5 Å². The van der Waals surface area contributed by atoms with E-state index >= 15 is 0 Å². The molecular weight excluding hydrogens is 322 g/mol. The molecule has 0 bridgehead atoms. The minimum atomic E-state index is -0.589. The Morgan fingerprint density at radius 1 is 1.36 bits per heavy atom. The Balaban J connectivity index is 2.35. The Labute approximate surface area is 139 Å². The van der Waals surface area contributed by atoms with Crippen LogP contribution in [0.15, 0.2) is 34.9 Å². The molecule has 1 atom stereocenters. The monoisotopic (exact) mass is 339 g/mol. The molecule has 1 amide bonds. The van der Waals surface area contributed by atoms with E-state index in [0.717, 1.165) is 5.56 Å². The van der Waals surface area contributed by atoms with E-state index in [9.17, 15) is 9.59 Å². The molecule has 6 heteroatoms. The van der Waals surface area contributed by atoms with Gasteiger partial charge in [0, 0.05) is 16.7 Å². The van der Waals surface area contributed by atoms with Crippen LogP contribution < -0.4 is 5.32 Å². The summed E-state index contributed by atoms with van der Waals surface area (Å²) < 4.78 is 5.48. The third-order valence-corrected chi connectivity index (χ3v) is 4.45. The molecule has 118 valence electrons. The molecule has 1 aliphatic rings. The van der Waals surface area contributed by atoms with Crippen molar-refractivity contribution in [3.63, 3.8) is 0 Å². The van der Waals surface area contributed by atoms with Crippen LogP contribution in [0.3, 0.4) is 0 Å². The predicted octanol–water partition coefficient (Wildman–Crippen LogP) is 3.47. The molecule has 0 fully saturated rings. The molecular formula is C16H18ClNO3S. The highest BCUT2D eigenvalue weighted by atomic mass is 35.5. The standard InChI is InChI=1S/C16H18ClNO3S/c1-16(2,3)21-15(20)13-12(8-22-14(13)18-9-19)10-4-6-11(17)7-5-10/h4-7,9,12H,8H2,1-3H3,(H,18,19). The zero-order valence-electron chi connectivity index (χ0n) is 12.7. The first-order valence-electron chi connectivity index (χ1n) is 6.88. The number of benzene rings is 1. The van der Waals surface area contributed by atoms with Crippen LogP contribution >= 0.6 is 23.4 Å². The zero-order valence-corrected chi connectivity index (χ0v) is 14.3. The summed E-state index contributed by atoms with van der Waals surface area (Å²) in [6.45, 7) is 5.45. The maximum atomic E-state index is 12.5. The molecule has 4 nitrogen and oxygen atoms in total. The van der Waals surface area contributed by atoms with Gasteiger partial charge in [-0.3, -0.25) is 4.79 Å². The molecule has 0 spiro atoms. The first kappa shape index (κ1) is 16.9. The third kappa shape index (κ3) is 4.05. The lowest BCUT2D eigenvalue weighted by molar-refractivity contribution is -0.150. The fraction of sp³-hybridized carbons (Fsp3) is 0.375. The Morgan fingerprint density at radius 3 is 2.55 bits per heavy atom. The lowest BCUT2D eigenvalue weighted by atomic mass is 9.93. The van der Waals surface area contributed by atoms with E-state index < -0.39 is 11.6 Å². The number of hydrogen-bond acceptors (Lipinski definition) is 4. The number of carbonyl (C=O) groups excluding carboxylic acids is 2. The number of nitrogens with one attached hydrogen (secondary N) is 1. The third-order valence-electron chi connectivity index (χ3n) is 3.07. The van der Waals surface area contributed by atoms with Gasteiger partial charge in [0.15, 0.2) is 0 Å². The van der Waals surface area contributed by atoms with E-state index in [0.29, 0.717) is 27.8 Å². The van der Waals surface area contributed by atoms with Gasteiger partial charge in [-0.1, -0.05) is 23.7 Å². The minimum Gasteiger partial charge on any atom is -0.457 e. The number of carbonyl (C=O) groups is 2. The highest BCUT2D eigenvalue weighted by Crippen LogP contribution is 2.41. The van der Waals surface area contributed by atoms with E-state index in [2.05, 4.69) is 5.32 Å². The summed E-state index contributed by atoms with van der Waals surface area (Å²) in [4.78, 5) is 23.3. The fourth-order valence-electron chi connectivity index (χ4n) is 2.18.